The van der Waals surface area contributed by atoms with Crippen LogP contribution < -0.4 is 14.8 Å². The summed E-state index contributed by atoms with van der Waals surface area (Å²) in [6.45, 7) is 0.00856. The number of methoxy groups -OCH3 is 2. The van der Waals surface area contributed by atoms with Crippen LogP contribution in [0, 0.1) is 0 Å². The van der Waals surface area contributed by atoms with Gasteiger partial charge >= 0.3 is 0 Å². The molecule has 0 bridgehead atoms. The lowest BCUT2D eigenvalue weighted by atomic mass is 10.1. The number of amides is 2. The Morgan fingerprint density at radius 2 is 1.45 bits per heavy atom. The van der Waals surface area contributed by atoms with E-state index in [2.05, 4.69) is 5.32 Å². The molecule has 42 heavy (non-hydrogen) atoms. The lowest BCUT2D eigenvalue weighted by molar-refractivity contribution is -0.117. The Morgan fingerprint density at radius 1 is 0.833 bits per heavy atom. The van der Waals surface area contributed by atoms with E-state index in [1.54, 1.807) is 43.1 Å². The maximum Gasteiger partial charge on any atom is 0.256 e. The van der Waals surface area contributed by atoms with Gasteiger partial charge in [0.2, 0.25) is 11.9 Å². The minimum absolute atomic E-state index is 0.216. The number of rotatable bonds is 10. The van der Waals surface area contributed by atoms with Crippen molar-refractivity contribution in [1.29, 1.82) is 0 Å². The van der Waals surface area contributed by atoms with Crippen molar-refractivity contribution >= 4 is 29.4 Å². The van der Waals surface area contributed by atoms with E-state index in [1.807, 2.05) is 85.1 Å². The molecule has 2 amide bonds. The molecule has 1 heterocycles. The number of anilines is 1. The van der Waals surface area contributed by atoms with Crippen molar-refractivity contribution in [2.45, 2.75) is 6.54 Å². The van der Waals surface area contributed by atoms with Gasteiger partial charge in [-0.15, -0.1) is 0 Å². The largest absolute Gasteiger partial charge is 0.497 e. The first-order chi connectivity index (χ1) is 20.4. The number of aromatic nitrogens is 2. The quantitative estimate of drug-likeness (QED) is 0.204. The first kappa shape index (κ1) is 28.4. The van der Waals surface area contributed by atoms with Crippen LogP contribution in [-0.4, -0.2) is 47.0 Å². The van der Waals surface area contributed by atoms with Gasteiger partial charge in [-0.1, -0.05) is 54.1 Å². The van der Waals surface area contributed by atoms with Crippen LogP contribution in [0.1, 0.15) is 15.9 Å². The maximum absolute atomic E-state index is 13.6. The predicted octanol–water partition coefficient (Wildman–Crippen LogP) is 6.49. The molecule has 5 aromatic rings. The third kappa shape index (κ3) is 6.62. The number of halogens is 1. The summed E-state index contributed by atoms with van der Waals surface area (Å²) in [4.78, 5) is 33.3. The van der Waals surface area contributed by atoms with E-state index >= 15 is 0 Å². The third-order valence-corrected chi connectivity index (χ3v) is 6.97. The SMILES string of the molecule is COc1ccc(-c2cn(-c3ccc(OC)cc3)c(NC(=O)CN(Cc3ccccc3)C(=O)c3ccccc3Cl)n2)cc1. The highest BCUT2D eigenvalue weighted by Crippen LogP contribution is 2.27. The van der Waals surface area contributed by atoms with Crippen molar-refractivity contribution in [2.75, 3.05) is 26.1 Å². The molecule has 0 atom stereocenters. The van der Waals surface area contributed by atoms with E-state index in [0.29, 0.717) is 28.0 Å². The number of benzene rings is 4. The van der Waals surface area contributed by atoms with Gasteiger partial charge in [-0.25, -0.2) is 4.98 Å². The van der Waals surface area contributed by atoms with Crippen LogP contribution in [0.25, 0.3) is 16.9 Å². The van der Waals surface area contributed by atoms with Gasteiger partial charge in [-0.05, 0) is 66.2 Å². The zero-order chi connectivity index (χ0) is 29.5. The Hall–Kier alpha value is -5.08. The molecule has 9 heteroatoms. The number of nitrogens with one attached hydrogen (secondary N) is 1. The second-order valence-electron chi connectivity index (χ2n) is 9.42. The Balaban J connectivity index is 1.45. The van der Waals surface area contributed by atoms with Gasteiger partial charge in [0, 0.05) is 24.0 Å². The first-order valence-electron chi connectivity index (χ1n) is 13.2. The van der Waals surface area contributed by atoms with Crippen molar-refractivity contribution in [3.05, 3.63) is 125 Å². The van der Waals surface area contributed by atoms with E-state index in [9.17, 15) is 9.59 Å². The second kappa shape index (κ2) is 13.1. The molecule has 0 unspecified atom stereocenters. The van der Waals surface area contributed by atoms with Crippen molar-refractivity contribution in [1.82, 2.24) is 14.5 Å². The number of nitrogens with zero attached hydrogens (tertiary/aromatic N) is 3. The highest BCUT2D eigenvalue weighted by atomic mass is 35.5. The maximum atomic E-state index is 13.6. The smallest absolute Gasteiger partial charge is 0.256 e. The standard InChI is InChI=1S/C33H29ClN4O4/c1-41-26-16-12-24(13-17-26)30-21-38(25-14-18-27(42-2)19-15-25)33(35-30)36-31(39)22-37(20-23-8-4-3-5-9-23)32(40)28-10-6-7-11-29(28)34/h3-19,21H,20,22H2,1-2H3,(H,35,36,39). The van der Waals surface area contributed by atoms with Gasteiger partial charge in [0.05, 0.1) is 30.5 Å². The van der Waals surface area contributed by atoms with Crippen LogP contribution in [0.5, 0.6) is 11.5 Å². The fraction of sp³-hybridized carbons (Fsp3) is 0.121. The summed E-state index contributed by atoms with van der Waals surface area (Å²) in [5.41, 5.74) is 3.47. The molecule has 0 aliphatic heterocycles. The van der Waals surface area contributed by atoms with Crippen LogP contribution in [0.4, 0.5) is 5.95 Å². The Morgan fingerprint density at radius 3 is 2.10 bits per heavy atom. The van der Waals surface area contributed by atoms with E-state index in [1.165, 1.54) is 4.90 Å². The average Bonchev–Trinajstić information content (AvgIpc) is 3.44. The molecule has 212 valence electrons. The van der Waals surface area contributed by atoms with Crippen LogP contribution in [0.15, 0.2) is 109 Å². The molecule has 0 saturated heterocycles. The van der Waals surface area contributed by atoms with Gasteiger partial charge in [0.15, 0.2) is 0 Å². The fourth-order valence-corrected chi connectivity index (χ4v) is 4.67. The second-order valence-corrected chi connectivity index (χ2v) is 9.83. The van der Waals surface area contributed by atoms with Crippen LogP contribution in [0.3, 0.4) is 0 Å². The lowest BCUT2D eigenvalue weighted by Gasteiger charge is -2.23. The summed E-state index contributed by atoms with van der Waals surface area (Å²) < 4.78 is 12.4. The summed E-state index contributed by atoms with van der Waals surface area (Å²) in [5, 5.41) is 3.24. The summed E-state index contributed by atoms with van der Waals surface area (Å²) in [6.07, 6.45) is 1.84. The number of carbonyl (C=O) groups excluding carboxylic acids is 2. The van der Waals surface area contributed by atoms with E-state index < -0.39 is 5.91 Å². The summed E-state index contributed by atoms with van der Waals surface area (Å²) in [5.74, 6) is 0.976. The number of ether oxygens (including phenoxy) is 2. The molecular formula is C33H29ClN4O4. The number of hydrogen-bond donors (Lipinski definition) is 1. The van der Waals surface area contributed by atoms with Crippen molar-refractivity contribution in [3.63, 3.8) is 0 Å². The van der Waals surface area contributed by atoms with Gasteiger partial charge < -0.3 is 14.4 Å². The average molecular weight is 581 g/mol. The summed E-state index contributed by atoms with van der Waals surface area (Å²) >= 11 is 6.34. The molecule has 0 radical (unpaired) electrons. The molecule has 0 aliphatic rings. The van der Waals surface area contributed by atoms with Gasteiger partial charge in [0.25, 0.3) is 5.91 Å². The molecule has 4 aromatic carbocycles. The molecule has 8 nitrogen and oxygen atoms in total. The normalized spacial score (nSPS) is 10.6. The van der Waals surface area contributed by atoms with E-state index in [0.717, 1.165) is 22.6 Å². The summed E-state index contributed by atoms with van der Waals surface area (Å²) in [6, 6.07) is 31.2. The molecular weight excluding hydrogens is 552 g/mol. The molecule has 5 rings (SSSR count). The van der Waals surface area contributed by atoms with Gasteiger partial charge in [0.1, 0.15) is 18.0 Å². The number of imidazole rings is 1. The molecule has 1 aromatic heterocycles. The molecule has 0 spiro atoms. The minimum atomic E-state index is -0.409. The number of carbonyl (C=O) groups is 2. The van der Waals surface area contributed by atoms with Crippen molar-refractivity contribution in [3.8, 4) is 28.4 Å². The highest BCUT2D eigenvalue weighted by molar-refractivity contribution is 6.33. The van der Waals surface area contributed by atoms with E-state index in [-0.39, 0.29) is 19.0 Å². The van der Waals surface area contributed by atoms with Gasteiger partial charge in [-0.3, -0.25) is 19.5 Å². The van der Waals surface area contributed by atoms with Crippen molar-refractivity contribution < 1.29 is 19.1 Å². The summed E-state index contributed by atoms with van der Waals surface area (Å²) in [7, 11) is 3.21. The molecule has 0 fully saturated rings. The van der Waals surface area contributed by atoms with Crippen LogP contribution in [0.2, 0.25) is 5.02 Å². The molecule has 0 aliphatic carbocycles. The lowest BCUT2D eigenvalue weighted by Crippen LogP contribution is -2.38. The van der Waals surface area contributed by atoms with Crippen LogP contribution >= 0.6 is 11.6 Å². The Labute approximate surface area is 249 Å². The third-order valence-electron chi connectivity index (χ3n) is 6.64. The molecule has 0 saturated carbocycles. The zero-order valence-electron chi connectivity index (χ0n) is 23.2. The zero-order valence-corrected chi connectivity index (χ0v) is 23.9. The number of hydrogen-bond acceptors (Lipinski definition) is 5. The predicted molar refractivity (Wildman–Crippen MR) is 163 cm³/mol. The highest BCUT2D eigenvalue weighted by Gasteiger charge is 2.23. The Kier molecular flexibility index (Phi) is 8.84. The first-order valence-corrected chi connectivity index (χ1v) is 13.6. The Bertz CT molecular complexity index is 1670. The van der Waals surface area contributed by atoms with Crippen LogP contribution in [-0.2, 0) is 11.3 Å². The van der Waals surface area contributed by atoms with E-state index in [4.69, 9.17) is 26.1 Å². The topological polar surface area (TPSA) is 85.7 Å². The van der Waals surface area contributed by atoms with Crippen molar-refractivity contribution in [2.24, 2.45) is 0 Å². The minimum Gasteiger partial charge on any atom is -0.497 e. The fourth-order valence-electron chi connectivity index (χ4n) is 4.45. The monoisotopic (exact) mass is 580 g/mol. The molecule has 1 N–H and O–H groups in total. The van der Waals surface area contributed by atoms with Gasteiger partial charge in [-0.2, -0.15) is 0 Å².